The molecule has 1 heterocycles. The van der Waals surface area contributed by atoms with Crippen molar-refractivity contribution in [3.63, 3.8) is 0 Å². The Bertz CT molecular complexity index is 423. The molecule has 6 heteroatoms. The maximum absolute atomic E-state index is 5.53. The molecule has 6 nitrogen and oxygen atoms in total. The number of rotatable bonds is 5. The van der Waals surface area contributed by atoms with E-state index < -0.39 is 0 Å². The lowest BCUT2D eigenvalue weighted by molar-refractivity contribution is 0.101. The molecule has 1 fully saturated rings. The molecule has 0 amide bonds. The topological polar surface area (TPSA) is 85.1 Å². The van der Waals surface area contributed by atoms with Crippen LogP contribution in [0.5, 0.6) is 0 Å². The van der Waals surface area contributed by atoms with E-state index >= 15 is 0 Å². The SMILES string of the molecule is COC1CCCC1Nc1ncnc(NN)c1C(C)C. The molecule has 1 aliphatic rings. The number of methoxy groups -OCH3 is 1. The van der Waals surface area contributed by atoms with Gasteiger partial charge in [-0.1, -0.05) is 13.8 Å². The van der Waals surface area contributed by atoms with E-state index in [4.69, 9.17) is 10.6 Å². The molecule has 0 bridgehead atoms. The first kappa shape index (κ1) is 14.0. The predicted molar refractivity (Wildman–Crippen MR) is 76.0 cm³/mol. The summed E-state index contributed by atoms with van der Waals surface area (Å²) in [5.41, 5.74) is 3.67. The minimum atomic E-state index is 0.254. The number of nitrogens with one attached hydrogen (secondary N) is 2. The number of nitrogens with zero attached hydrogens (tertiary/aromatic N) is 2. The zero-order valence-corrected chi connectivity index (χ0v) is 11.8. The van der Waals surface area contributed by atoms with Crippen molar-refractivity contribution in [2.24, 2.45) is 5.84 Å². The van der Waals surface area contributed by atoms with Gasteiger partial charge in [-0.05, 0) is 25.2 Å². The lowest BCUT2D eigenvalue weighted by Crippen LogP contribution is -2.31. The van der Waals surface area contributed by atoms with Gasteiger partial charge in [0.15, 0.2) is 0 Å². The first-order valence-corrected chi connectivity index (χ1v) is 6.78. The summed E-state index contributed by atoms with van der Waals surface area (Å²) >= 11 is 0. The molecule has 1 aromatic rings. The van der Waals surface area contributed by atoms with Crippen molar-refractivity contribution in [2.45, 2.75) is 51.2 Å². The average molecular weight is 265 g/mol. The Morgan fingerprint density at radius 2 is 2.05 bits per heavy atom. The first-order chi connectivity index (χ1) is 9.17. The summed E-state index contributed by atoms with van der Waals surface area (Å²) < 4.78 is 5.51. The third-order valence-electron chi connectivity index (χ3n) is 3.68. The van der Waals surface area contributed by atoms with Gasteiger partial charge in [-0.25, -0.2) is 15.8 Å². The number of nitrogen functional groups attached to an aromatic ring is 1. The molecule has 0 aromatic carbocycles. The summed E-state index contributed by atoms with van der Waals surface area (Å²) in [5, 5.41) is 3.49. The largest absolute Gasteiger partial charge is 0.379 e. The highest BCUT2D eigenvalue weighted by Gasteiger charge is 2.28. The Balaban J connectivity index is 2.24. The molecule has 2 rings (SSSR count). The van der Waals surface area contributed by atoms with Crippen LogP contribution in [0.15, 0.2) is 6.33 Å². The van der Waals surface area contributed by atoms with E-state index in [1.165, 1.54) is 12.7 Å². The molecule has 19 heavy (non-hydrogen) atoms. The molecule has 0 aliphatic heterocycles. The second-order valence-corrected chi connectivity index (χ2v) is 5.24. The molecule has 0 saturated heterocycles. The highest BCUT2D eigenvalue weighted by molar-refractivity contribution is 5.59. The molecular formula is C13H23N5O. The van der Waals surface area contributed by atoms with Crippen molar-refractivity contribution < 1.29 is 4.74 Å². The van der Waals surface area contributed by atoms with E-state index in [2.05, 4.69) is 34.6 Å². The van der Waals surface area contributed by atoms with E-state index in [1.807, 2.05) is 0 Å². The first-order valence-electron chi connectivity index (χ1n) is 6.78. The molecule has 0 spiro atoms. The van der Waals surface area contributed by atoms with Crippen LogP contribution in [0.1, 0.15) is 44.6 Å². The maximum Gasteiger partial charge on any atom is 0.148 e. The number of ether oxygens (including phenoxy) is 1. The summed E-state index contributed by atoms with van der Waals surface area (Å²) in [6.45, 7) is 4.21. The molecular weight excluding hydrogens is 242 g/mol. The van der Waals surface area contributed by atoms with E-state index in [-0.39, 0.29) is 12.0 Å². The van der Waals surface area contributed by atoms with Gasteiger partial charge in [0, 0.05) is 12.7 Å². The van der Waals surface area contributed by atoms with Gasteiger partial charge in [0.05, 0.1) is 12.1 Å². The zero-order valence-electron chi connectivity index (χ0n) is 11.8. The summed E-state index contributed by atoms with van der Waals surface area (Å²) in [7, 11) is 1.76. The molecule has 0 radical (unpaired) electrons. The maximum atomic E-state index is 5.53. The van der Waals surface area contributed by atoms with Gasteiger partial charge in [0.25, 0.3) is 0 Å². The van der Waals surface area contributed by atoms with Crippen LogP contribution in [0.4, 0.5) is 11.6 Å². The van der Waals surface area contributed by atoms with E-state index in [0.29, 0.717) is 11.9 Å². The second-order valence-electron chi connectivity index (χ2n) is 5.24. The number of hydrogen-bond acceptors (Lipinski definition) is 6. The van der Waals surface area contributed by atoms with Crippen LogP contribution in [-0.2, 0) is 4.74 Å². The van der Waals surface area contributed by atoms with Gasteiger partial charge in [0.1, 0.15) is 18.0 Å². The Morgan fingerprint density at radius 1 is 1.32 bits per heavy atom. The van der Waals surface area contributed by atoms with Gasteiger partial charge in [-0.2, -0.15) is 0 Å². The Hall–Kier alpha value is -1.40. The minimum Gasteiger partial charge on any atom is -0.379 e. The van der Waals surface area contributed by atoms with Gasteiger partial charge in [0.2, 0.25) is 0 Å². The fraction of sp³-hybridized carbons (Fsp3) is 0.692. The van der Waals surface area contributed by atoms with E-state index in [9.17, 15) is 0 Å². The van der Waals surface area contributed by atoms with Crippen LogP contribution < -0.4 is 16.6 Å². The number of nitrogens with two attached hydrogens (primary N) is 1. The third-order valence-corrected chi connectivity index (χ3v) is 3.68. The van der Waals surface area contributed by atoms with Crippen molar-refractivity contribution in [1.82, 2.24) is 9.97 Å². The van der Waals surface area contributed by atoms with Crippen molar-refractivity contribution >= 4 is 11.6 Å². The molecule has 106 valence electrons. The minimum absolute atomic E-state index is 0.254. The van der Waals surface area contributed by atoms with Gasteiger partial charge in [-0.15, -0.1) is 0 Å². The lowest BCUT2D eigenvalue weighted by atomic mass is 10.0. The quantitative estimate of drug-likeness (QED) is 0.556. The fourth-order valence-electron chi connectivity index (χ4n) is 2.72. The second kappa shape index (κ2) is 6.16. The smallest absolute Gasteiger partial charge is 0.148 e. The predicted octanol–water partition coefficient (Wildman–Crippen LogP) is 1.86. The van der Waals surface area contributed by atoms with Crippen molar-refractivity contribution in [3.8, 4) is 0 Å². The van der Waals surface area contributed by atoms with E-state index in [0.717, 1.165) is 24.2 Å². The van der Waals surface area contributed by atoms with Gasteiger partial charge >= 0.3 is 0 Å². The normalized spacial score (nSPS) is 22.8. The Kier molecular flexibility index (Phi) is 4.55. The van der Waals surface area contributed by atoms with Crippen LogP contribution in [0.3, 0.4) is 0 Å². The highest BCUT2D eigenvalue weighted by atomic mass is 16.5. The third kappa shape index (κ3) is 2.96. The van der Waals surface area contributed by atoms with E-state index in [1.54, 1.807) is 7.11 Å². The molecule has 2 unspecified atom stereocenters. The standard InChI is InChI=1S/C13H23N5O/c1-8(2)11-12(15-7-16-13(11)18-14)17-9-5-4-6-10(9)19-3/h7-10H,4-6,14H2,1-3H3,(H2,15,16,17,18). The number of aromatic nitrogens is 2. The molecule has 4 N–H and O–H groups in total. The highest BCUT2D eigenvalue weighted by Crippen LogP contribution is 2.31. The lowest BCUT2D eigenvalue weighted by Gasteiger charge is -2.23. The molecule has 2 atom stereocenters. The van der Waals surface area contributed by atoms with Crippen LogP contribution in [0.2, 0.25) is 0 Å². The van der Waals surface area contributed by atoms with Crippen LogP contribution >= 0.6 is 0 Å². The van der Waals surface area contributed by atoms with Gasteiger partial charge < -0.3 is 15.5 Å². The number of hydrogen-bond donors (Lipinski definition) is 3. The summed E-state index contributed by atoms with van der Waals surface area (Å²) in [5.74, 6) is 7.35. The monoisotopic (exact) mass is 265 g/mol. The summed E-state index contributed by atoms with van der Waals surface area (Å²) in [6, 6.07) is 0.308. The number of anilines is 2. The molecule has 1 aromatic heterocycles. The Morgan fingerprint density at radius 3 is 2.68 bits per heavy atom. The van der Waals surface area contributed by atoms with Crippen molar-refractivity contribution in [3.05, 3.63) is 11.9 Å². The Labute approximate surface area is 114 Å². The molecule has 1 aliphatic carbocycles. The molecule has 1 saturated carbocycles. The summed E-state index contributed by atoms with van der Waals surface area (Å²) in [6.07, 6.45) is 5.16. The van der Waals surface area contributed by atoms with Crippen molar-refractivity contribution in [2.75, 3.05) is 17.9 Å². The number of hydrazine groups is 1. The zero-order chi connectivity index (χ0) is 13.8. The van der Waals surface area contributed by atoms with Gasteiger partial charge in [-0.3, -0.25) is 0 Å². The average Bonchev–Trinajstić information content (AvgIpc) is 2.85. The van der Waals surface area contributed by atoms with Crippen molar-refractivity contribution in [1.29, 1.82) is 0 Å². The van der Waals surface area contributed by atoms with Crippen LogP contribution in [0.25, 0.3) is 0 Å². The van der Waals surface area contributed by atoms with Crippen LogP contribution in [0, 0.1) is 0 Å². The van der Waals surface area contributed by atoms with Crippen LogP contribution in [-0.4, -0.2) is 29.2 Å². The summed E-state index contributed by atoms with van der Waals surface area (Å²) in [4.78, 5) is 8.54. The fourth-order valence-corrected chi connectivity index (χ4v) is 2.72.